The third-order valence-electron chi connectivity index (χ3n) is 4.15. The minimum atomic E-state index is -0.244. The van der Waals surface area contributed by atoms with E-state index in [0.717, 1.165) is 12.8 Å². The predicted molar refractivity (Wildman–Crippen MR) is 86.6 cm³/mol. The minimum Gasteiger partial charge on any atom is -0.393 e. The Hall–Kier alpha value is -1.21. The van der Waals surface area contributed by atoms with Gasteiger partial charge in [0.2, 0.25) is 11.8 Å². The first-order chi connectivity index (χ1) is 9.81. The quantitative estimate of drug-likeness (QED) is 0.650. The molecule has 6 nitrogen and oxygen atoms in total. The van der Waals surface area contributed by atoms with Crippen LogP contribution in [0.1, 0.15) is 32.6 Å². The van der Waals surface area contributed by atoms with Gasteiger partial charge in [0, 0.05) is 45.6 Å². The second-order valence-electron chi connectivity index (χ2n) is 5.80. The van der Waals surface area contributed by atoms with E-state index in [4.69, 9.17) is 23.7 Å². The molecule has 1 rings (SSSR count). The average Bonchev–Trinajstić information content (AvgIpc) is 2.43. The summed E-state index contributed by atoms with van der Waals surface area (Å²) >= 11 is 4.81. The van der Waals surface area contributed by atoms with Gasteiger partial charge < -0.3 is 16.4 Å². The molecule has 4 N–H and O–H groups in total. The Bertz CT molecular complexity index is 402. The zero-order valence-corrected chi connectivity index (χ0v) is 13.7. The molecular weight excluding hydrogens is 288 g/mol. The molecule has 1 aliphatic rings. The first kappa shape index (κ1) is 17.8. The number of hydrogen-bond acceptors (Lipinski definition) is 4. The Morgan fingerprint density at radius 1 is 1.29 bits per heavy atom. The van der Waals surface area contributed by atoms with Gasteiger partial charge in [0.15, 0.2) is 0 Å². The van der Waals surface area contributed by atoms with Gasteiger partial charge in [-0.05, 0) is 19.8 Å². The number of nitrogens with two attached hydrogens (primary N) is 2. The lowest BCUT2D eigenvalue weighted by Gasteiger charge is -2.36. The monoisotopic (exact) mass is 314 g/mol. The van der Waals surface area contributed by atoms with Crippen LogP contribution in [0.5, 0.6) is 0 Å². The number of thiocarbonyl (C=S) groups is 1. The van der Waals surface area contributed by atoms with Crippen LogP contribution in [-0.2, 0) is 9.59 Å². The maximum absolute atomic E-state index is 12.0. The summed E-state index contributed by atoms with van der Waals surface area (Å²) in [5.74, 6) is -0.268. The van der Waals surface area contributed by atoms with Gasteiger partial charge in [-0.25, -0.2) is 0 Å². The second-order valence-corrected chi connectivity index (χ2v) is 6.33. The van der Waals surface area contributed by atoms with Crippen molar-refractivity contribution in [2.24, 2.45) is 17.4 Å². The Balaban J connectivity index is 2.40. The molecular formula is C14H26N4O2S. The molecule has 120 valence electrons. The average molecular weight is 314 g/mol. The number of primary amides is 1. The first-order valence-corrected chi connectivity index (χ1v) is 7.77. The van der Waals surface area contributed by atoms with Crippen molar-refractivity contribution in [2.75, 3.05) is 26.7 Å². The number of piperidine rings is 1. The molecule has 1 heterocycles. The number of likely N-dealkylation sites (tertiary alicyclic amines) is 1. The summed E-state index contributed by atoms with van der Waals surface area (Å²) < 4.78 is 0. The maximum atomic E-state index is 12.0. The maximum Gasteiger partial charge on any atom is 0.223 e. The highest BCUT2D eigenvalue weighted by Gasteiger charge is 2.28. The predicted octanol–water partition coefficient (Wildman–Crippen LogP) is 0.0969. The third-order valence-corrected chi connectivity index (χ3v) is 4.35. The number of carbonyl (C=O) groups is 2. The van der Waals surface area contributed by atoms with Crippen LogP contribution >= 0.6 is 12.2 Å². The third kappa shape index (κ3) is 5.97. The Kier molecular flexibility index (Phi) is 7.04. The molecule has 2 unspecified atom stereocenters. The van der Waals surface area contributed by atoms with E-state index >= 15 is 0 Å². The van der Waals surface area contributed by atoms with E-state index in [9.17, 15) is 9.59 Å². The zero-order valence-electron chi connectivity index (χ0n) is 12.9. The molecule has 7 heteroatoms. The summed E-state index contributed by atoms with van der Waals surface area (Å²) in [6, 6.07) is 0.385. The highest BCUT2D eigenvalue weighted by atomic mass is 32.1. The van der Waals surface area contributed by atoms with Gasteiger partial charge in [0.1, 0.15) is 0 Å². The van der Waals surface area contributed by atoms with Crippen LogP contribution in [-0.4, -0.2) is 59.3 Å². The van der Waals surface area contributed by atoms with Gasteiger partial charge in [0.05, 0.1) is 10.9 Å². The summed E-state index contributed by atoms with van der Waals surface area (Å²) in [5, 5.41) is 0. The fourth-order valence-corrected chi connectivity index (χ4v) is 2.65. The van der Waals surface area contributed by atoms with Gasteiger partial charge in [-0.15, -0.1) is 0 Å². The standard InChI is InChI=1S/C14H26N4O2S/c1-10-3-4-11(14(16)20)9-18(10)8-6-13(19)17(2)7-5-12(15)21/h10-11H,3-9H2,1-2H3,(H2,15,21)(H2,16,20). The fourth-order valence-electron chi connectivity index (χ4n) is 2.56. The van der Waals surface area contributed by atoms with Crippen molar-refractivity contribution in [1.29, 1.82) is 0 Å². The normalized spacial score (nSPS) is 22.8. The van der Waals surface area contributed by atoms with Crippen molar-refractivity contribution >= 4 is 29.0 Å². The van der Waals surface area contributed by atoms with Crippen LogP contribution in [0, 0.1) is 5.92 Å². The minimum absolute atomic E-state index is 0.0691. The highest BCUT2D eigenvalue weighted by Crippen LogP contribution is 2.21. The van der Waals surface area contributed by atoms with Crippen LogP contribution in [0.4, 0.5) is 0 Å². The van der Waals surface area contributed by atoms with Crippen molar-refractivity contribution in [3.05, 3.63) is 0 Å². The highest BCUT2D eigenvalue weighted by molar-refractivity contribution is 7.80. The fraction of sp³-hybridized carbons (Fsp3) is 0.786. The van der Waals surface area contributed by atoms with Crippen LogP contribution in [0.25, 0.3) is 0 Å². The Morgan fingerprint density at radius 3 is 2.52 bits per heavy atom. The number of rotatable bonds is 7. The molecule has 0 aliphatic carbocycles. The van der Waals surface area contributed by atoms with E-state index in [1.807, 2.05) is 0 Å². The molecule has 0 saturated carbocycles. The Morgan fingerprint density at radius 2 is 1.95 bits per heavy atom. The summed E-state index contributed by atoms with van der Waals surface area (Å²) in [6.45, 7) is 3.98. The van der Waals surface area contributed by atoms with Crippen molar-refractivity contribution < 1.29 is 9.59 Å². The van der Waals surface area contributed by atoms with Crippen molar-refractivity contribution in [3.63, 3.8) is 0 Å². The van der Waals surface area contributed by atoms with E-state index < -0.39 is 0 Å². The number of carbonyl (C=O) groups excluding carboxylic acids is 2. The lowest BCUT2D eigenvalue weighted by molar-refractivity contribution is -0.130. The van der Waals surface area contributed by atoms with E-state index in [2.05, 4.69) is 11.8 Å². The van der Waals surface area contributed by atoms with Crippen molar-refractivity contribution in [3.8, 4) is 0 Å². The van der Waals surface area contributed by atoms with Gasteiger partial charge in [-0.1, -0.05) is 12.2 Å². The van der Waals surface area contributed by atoms with Crippen molar-refractivity contribution in [1.82, 2.24) is 9.80 Å². The largest absolute Gasteiger partial charge is 0.393 e. The zero-order chi connectivity index (χ0) is 16.0. The van der Waals surface area contributed by atoms with E-state index in [1.165, 1.54) is 0 Å². The molecule has 0 spiro atoms. The van der Waals surface area contributed by atoms with Crippen molar-refractivity contribution in [2.45, 2.75) is 38.6 Å². The lowest BCUT2D eigenvalue weighted by atomic mass is 9.93. The van der Waals surface area contributed by atoms with Gasteiger partial charge in [-0.2, -0.15) is 0 Å². The van der Waals surface area contributed by atoms with Gasteiger partial charge >= 0.3 is 0 Å². The van der Waals surface area contributed by atoms with E-state index in [-0.39, 0.29) is 17.7 Å². The lowest BCUT2D eigenvalue weighted by Crippen LogP contribution is -2.47. The number of hydrogen-bond donors (Lipinski definition) is 2. The molecule has 1 aliphatic heterocycles. The summed E-state index contributed by atoms with van der Waals surface area (Å²) in [5.41, 5.74) is 10.8. The van der Waals surface area contributed by atoms with Gasteiger partial charge in [-0.3, -0.25) is 14.5 Å². The SMILES string of the molecule is CC1CCC(C(N)=O)CN1CCC(=O)N(C)CCC(N)=S. The Labute approximate surface area is 131 Å². The van der Waals surface area contributed by atoms with Gasteiger partial charge in [0.25, 0.3) is 0 Å². The van der Waals surface area contributed by atoms with Crippen LogP contribution in [0.15, 0.2) is 0 Å². The molecule has 0 aromatic rings. The number of amides is 2. The van der Waals surface area contributed by atoms with E-state index in [1.54, 1.807) is 11.9 Å². The van der Waals surface area contributed by atoms with Crippen LogP contribution in [0.3, 0.4) is 0 Å². The smallest absolute Gasteiger partial charge is 0.223 e. The molecule has 0 radical (unpaired) electrons. The van der Waals surface area contributed by atoms with Crippen LogP contribution in [0.2, 0.25) is 0 Å². The summed E-state index contributed by atoms with van der Waals surface area (Å²) in [7, 11) is 1.76. The first-order valence-electron chi connectivity index (χ1n) is 7.37. The molecule has 0 bridgehead atoms. The topological polar surface area (TPSA) is 92.7 Å². The van der Waals surface area contributed by atoms with Crippen LogP contribution < -0.4 is 11.5 Å². The summed E-state index contributed by atoms with van der Waals surface area (Å²) in [6.07, 6.45) is 2.76. The number of nitrogens with zero attached hydrogens (tertiary/aromatic N) is 2. The molecule has 21 heavy (non-hydrogen) atoms. The molecule has 2 amide bonds. The second kappa shape index (κ2) is 8.29. The van der Waals surface area contributed by atoms with E-state index in [0.29, 0.717) is 43.5 Å². The molecule has 1 saturated heterocycles. The molecule has 0 aromatic carbocycles. The molecule has 0 aromatic heterocycles. The summed E-state index contributed by atoms with van der Waals surface area (Å²) in [4.78, 5) is 27.6. The molecule has 2 atom stereocenters. The molecule has 1 fully saturated rings.